The van der Waals surface area contributed by atoms with Crippen LogP contribution < -0.4 is 5.32 Å². The van der Waals surface area contributed by atoms with Crippen molar-refractivity contribution in [1.29, 1.82) is 0 Å². The fraction of sp³-hybridized carbons (Fsp3) is 0.538. The summed E-state index contributed by atoms with van der Waals surface area (Å²) in [7, 11) is 2.05. The summed E-state index contributed by atoms with van der Waals surface area (Å²) in [4.78, 5) is 0. The van der Waals surface area contributed by atoms with E-state index >= 15 is 0 Å². The summed E-state index contributed by atoms with van der Waals surface area (Å²) in [6.45, 7) is 0. The Morgan fingerprint density at radius 3 is 2.33 bits per heavy atom. The third-order valence-corrected chi connectivity index (χ3v) is 3.66. The lowest BCUT2D eigenvalue weighted by molar-refractivity contribution is 0.390. The summed E-state index contributed by atoms with van der Waals surface area (Å²) in [5, 5.41) is 4.26. The van der Waals surface area contributed by atoms with Crippen molar-refractivity contribution in [2.24, 2.45) is 5.92 Å². The zero-order valence-corrected chi connectivity index (χ0v) is 9.93. The molecular formula is C13H18ClN. The lowest BCUT2D eigenvalue weighted by atomic mass is 9.92. The third-order valence-electron chi connectivity index (χ3n) is 3.41. The van der Waals surface area contributed by atoms with Crippen LogP contribution in [0.25, 0.3) is 0 Å². The van der Waals surface area contributed by atoms with Crippen LogP contribution in [0.1, 0.15) is 37.3 Å². The van der Waals surface area contributed by atoms with Crippen LogP contribution in [0.2, 0.25) is 5.02 Å². The van der Waals surface area contributed by atoms with E-state index in [2.05, 4.69) is 24.5 Å². The monoisotopic (exact) mass is 223 g/mol. The molecule has 15 heavy (non-hydrogen) atoms. The molecule has 0 bridgehead atoms. The summed E-state index contributed by atoms with van der Waals surface area (Å²) >= 11 is 5.90. The van der Waals surface area contributed by atoms with Crippen LogP contribution in [0.4, 0.5) is 0 Å². The van der Waals surface area contributed by atoms with Crippen molar-refractivity contribution in [3.63, 3.8) is 0 Å². The van der Waals surface area contributed by atoms with E-state index in [0.717, 1.165) is 10.9 Å². The van der Waals surface area contributed by atoms with Crippen LogP contribution in [-0.4, -0.2) is 7.05 Å². The lowest BCUT2D eigenvalue weighted by Gasteiger charge is -2.23. The molecule has 0 radical (unpaired) electrons. The van der Waals surface area contributed by atoms with Gasteiger partial charge in [0.15, 0.2) is 0 Å². The third kappa shape index (κ3) is 2.53. The van der Waals surface area contributed by atoms with Gasteiger partial charge in [-0.15, -0.1) is 0 Å². The Labute approximate surface area is 96.8 Å². The minimum atomic E-state index is 0.504. The summed E-state index contributed by atoms with van der Waals surface area (Å²) < 4.78 is 0. The first-order chi connectivity index (χ1) is 7.31. The second-order valence-corrected chi connectivity index (χ2v) is 4.80. The Balaban J connectivity index is 2.14. The highest BCUT2D eigenvalue weighted by atomic mass is 35.5. The summed E-state index contributed by atoms with van der Waals surface area (Å²) in [6, 6.07) is 8.75. The predicted molar refractivity (Wildman–Crippen MR) is 65.2 cm³/mol. The SMILES string of the molecule is CN[C@H](c1ccc(Cl)cc1)C1CCCC1. The summed E-state index contributed by atoms with van der Waals surface area (Å²) in [5.41, 5.74) is 1.37. The highest BCUT2D eigenvalue weighted by molar-refractivity contribution is 6.30. The van der Waals surface area contributed by atoms with Crippen molar-refractivity contribution in [3.8, 4) is 0 Å². The molecule has 0 saturated heterocycles. The lowest BCUT2D eigenvalue weighted by Crippen LogP contribution is -2.23. The number of hydrogen-bond acceptors (Lipinski definition) is 1. The molecule has 1 fully saturated rings. The average molecular weight is 224 g/mol. The molecule has 82 valence electrons. The molecule has 0 amide bonds. The van der Waals surface area contributed by atoms with E-state index < -0.39 is 0 Å². The van der Waals surface area contributed by atoms with E-state index in [9.17, 15) is 0 Å². The predicted octanol–water partition coefficient (Wildman–Crippen LogP) is 3.79. The second-order valence-electron chi connectivity index (χ2n) is 4.36. The van der Waals surface area contributed by atoms with Gasteiger partial charge >= 0.3 is 0 Å². The molecule has 1 aliphatic rings. The van der Waals surface area contributed by atoms with Gasteiger partial charge in [0.05, 0.1) is 0 Å². The normalized spacial score (nSPS) is 19.3. The standard InChI is InChI=1S/C13H18ClN/c1-15-13(10-4-2-3-5-10)11-6-8-12(14)9-7-11/h6-10,13,15H,2-5H2,1H3/t13-/m0/s1. The minimum Gasteiger partial charge on any atom is -0.313 e. The zero-order chi connectivity index (χ0) is 10.7. The first-order valence-corrected chi connectivity index (χ1v) is 6.12. The molecule has 0 heterocycles. The quantitative estimate of drug-likeness (QED) is 0.822. The van der Waals surface area contributed by atoms with Crippen LogP contribution in [0.3, 0.4) is 0 Å². The topological polar surface area (TPSA) is 12.0 Å². The molecule has 0 unspecified atom stereocenters. The number of nitrogens with one attached hydrogen (secondary N) is 1. The van der Waals surface area contributed by atoms with Crippen molar-refractivity contribution in [1.82, 2.24) is 5.32 Å². The van der Waals surface area contributed by atoms with Crippen LogP contribution >= 0.6 is 11.6 Å². The molecule has 1 aromatic carbocycles. The second kappa shape index (κ2) is 5.00. The van der Waals surface area contributed by atoms with E-state index in [1.807, 2.05) is 12.1 Å². The maximum absolute atomic E-state index is 5.90. The van der Waals surface area contributed by atoms with Crippen LogP contribution in [0.5, 0.6) is 0 Å². The van der Waals surface area contributed by atoms with E-state index in [1.165, 1.54) is 31.2 Å². The highest BCUT2D eigenvalue weighted by Gasteiger charge is 2.24. The van der Waals surface area contributed by atoms with Gasteiger partial charge in [0.1, 0.15) is 0 Å². The van der Waals surface area contributed by atoms with Crippen LogP contribution in [-0.2, 0) is 0 Å². The molecule has 1 atom stereocenters. The number of halogens is 1. The zero-order valence-electron chi connectivity index (χ0n) is 9.17. The van der Waals surface area contributed by atoms with Crippen LogP contribution in [0, 0.1) is 5.92 Å². The number of hydrogen-bond donors (Lipinski definition) is 1. The number of benzene rings is 1. The first kappa shape index (κ1) is 11.0. The van der Waals surface area contributed by atoms with E-state index in [0.29, 0.717) is 6.04 Å². The average Bonchev–Trinajstić information content (AvgIpc) is 2.75. The maximum atomic E-state index is 5.90. The Morgan fingerprint density at radius 2 is 1.80 bits per heavy atom. The van der Waals surface area contributed by atoms with E-state index in [-0.39, 0.29) is 0 Å². The Bertz CT molecular complexity index is 301. The fourth-order valence-electron chi connectivity index (χ4n) is 2.64. The first-order valence-electron chi connectivity index (χ1n) is 5.74. The molecular weight excluding hydrogens is 206 g/mol. The van der Waals surface area contributed by atoms with Gasteiger partial charge < -0.3 is 5.32 Å². The van der Waals surface area contributed by atoms with E-state index in [1.54, 1.807) is 0 Å². The Kier molecular flexibility index (Phi) is 3.66. The van der Waals surface area contributed by atoms with Gasteiger partial charge in [-0.3, -0.25) is 0 Å². The molecule has 0 aliphatic heterocycles. The van der Waals surface area contributed by atoms with Crippen LogP contribution in [0.15, 0.2) is 24.3 Å². The van der Waals surface area contributed by atoms with Gasteiger partial charge in [-0.2, -0.15) is 0 Å². The van der Waals surface area contributed by atoms with Crippen molar-refractivity contribution in [3.05, 3.63) is 34.9 Å². The largest absolute Gasteiger partial charge is 0.313 e. The molecule has 1 aliphatic carbocycles. The molecule has 1 N–H and O–H groups in total. The molecule has 0 aromatic heterocycles. The van der Waals surface area contributed by atoms with Crippen molar-refractivity contribution in [2.75, 3.05) is 7.05 Å². The Hall–Kier alpha value is -0.530. The van der Waals surface area contributed by atoms with Gasteiger partial charge in [-0.1, -0.05) is 36.6 Å². The summed E-state index contributed by atoms with van der Waals surface area (Å²) in [5.74, 6) is 0.802. The van der Waals surface area contributed by atoms with Crippen molar-refractivity contribution < 1.29 is 0 Å². The number of rotatable bonds is 3. The fourth-order valence-corrected chi connectivity index (χ4v) is 2.76. The van der Waals surface area contributed by atoms with Crippen molar-refractivity contribution >= 4 is 11.6 Å². The van der Waals surface area contributed by atoms with Gasteiger partial charge in [-0.25, -0.2) is 0 Å². The molecule has 0 spiro atoms. The summed E-state index contributed by atoms with van der Waals surface area (Å²) in [6.07, 6.45) is 5.48. The van der Waals surface area contributed by atoms with Gasteiger partial charge in [0, 0.05) is 11.1 Å². The van der Waals surface area contributed by atoms with Crippen molar-refractivity contribution in [2.45, 2.75) is 31.7 Å². The molecule has 1 nitrogen and oxygen atoms in total. The molecule has 1 aromatic rings. The van der Waals surface area contributed by atoms with E-state index in [4.69, 9.17) is 11.6 Å². The van der Waals surface area contributed by atoms with Gasteiger partial charge in [-0.05, 0) is 43.5 Å². The molecule has 2 rings (SSSR count). The smallest absolute Gasteiger partial charge is 0.0406 e. The maximum Gasteiger partial charge on any atom is 0.0406 e. The minimum absolute atomic E-state index is 0.504. The molecule has 2 heteroatoms. The van der Waals surface area contributed by atoms with Gasteiger partial charge in [0.2, 0.25) is 0 Å². The Morgan fingerprint density at radius 1 is 1.20 bits per heavy atom. The van der Waals surface area contributed by atoms with Gasteiger partial charge in [0.25, 0.3) is 0 Å². The molecule has 1 saturated carbocycles. The highest BCUT2D eigenvalue weighted by Crippen LogP contribution is 2.35.